The lowest BCUT2D eigenvalue weighted by atomic mass is 10.2. The van der Waals surface area contributed by atoms with Crippen LogP contribution in [0.1, 0.15) is 26.2 Å². The summed E-state index contributed by atoms with van der Waals surface area (Å²) in [5, 5.41) is 9.02. The minimum Gasteiger partial charge on any atom is -0.395 e. The van der Waals surface area contributed by atoms with Crippen LogP contribution in [0, 0.1) is 11.8 Å². The van der Waals surface area contributed by atoms with E-state index in [0.717, 1.165) is 25.9 Å². The van der Waals surface area contributed by atoms with Crippen molar-refractivity contribution in [3.63, 3.8) is 0 Å². The maximum absolute atomic E-state index is 9.02. The minimum absolute atomic E-state index is 0.305. The summed E-state index contributed by atoms with van der Waals surface area (Å²) in [6.45, 7) is 4.33. The van der Waals surface area contributed by atoms with Gasteiger partial charge in [0.2, 0.25) is 0 Å². The molecule has 0 aromatic rings. The molecule has 1 N–H and O–H groups in total. The number of likely N-dealkylation sites (tertiary alicyclic amines) is 1. The van der Waals surface area contributed by atoms with Gasteiger partial charge in [-0.1, -0.05) is 0 Å². The molecule has 1 unspecified atom stereocenters. The molecule has 0 aromatic carbocycles. The summed E-state index contributed by atoms with van der Waals surface area (Å²) in [6, 6.07) is 0.406. The highest BCUT2D eigenvalue weighted by Gasteiger charge is 2.22. The van der Waals surface area contributed by atoms with Gasteiger partial charge in [0.1, 0.15) is 0 Å². The second-order valence-electron chi connectivity index (χ2n) is 3.19. The van der Waals surface area contributed by atoms with Crippen LogP contribution < -0.4 is 0 Å². The van der Waals surface area contributed by atoms with Gasteiger partial charge < -0.3 is 5.11 Å². The molecule has 1 atom stereocenters. The van der Waals surface area contributed by atoms with Crippen LogP contribution in [0.2, 0.25) is 0 Å². The van der Waals surface area contributed by atoms with Gasteiger partial charge in [0.15, 0.2) is 0 Å². The minimum atomic E-state index is 0.305. The van der Waals surface area contributed by atoms with Crippen LogP contribution in [0.25, 0.3) is 0 Å². The van der Waals surface area contributed by atoms with E-state index in [-0.39, 0.29) is 0 Å². The first kappa shape index (κ1) is 9.57. The van der Waals surface area contributed by atoms with Gasteiger partial charge in [0, 0.05) is 19.0 Å². The van der Waals surface area contributed by atoms with E-state index in [2.05, 4.69) is 16.7 Å². The van der Waals surface area contributed by atoms with Crippen molar-refractivity contribution in [1.29, 1.82) is 0 Å². The molecule has 0 aromatic heterocycles. The number of nitrogens with zero attached hydrogens (tertiary/aromatic N) is 1. The first-order chi connectivity index (χ1) is 5.88. The molecule has 0 amide bonds. The average molecular weight is 167 g/mol. The van der Waals surface area contributed by atoms with Crippen LogP contribution in [-0.2, 0) is 0 Å². The van der Waals surface area contributed by atoms with Gasteiger partial charge in [-0.2, -0.15) is 0 Å². The van der Waals surface area contributed by atoms with E-state index >= 15 is 0 Å². The highest BCUT2D eigenvalue weighted by atomic mass is 16.3. The molecule has 0 bridgehead atoms. The zero-order valence-corrected chi connectivity index (χ0v) is 7.71. The predicted molar refractivity (Wildman–Crippen MR) is 49.7 cm³/mol. The highest BCUT2D eigenvalue weighted by Crippen LogP contribution is 2.16. The zero-order chi connectivity index (χ0) is 8.81. The fourth-order valence-corrected chi connectivity index (χ4v) is 1.72. The summed E-state index contributed by atoms with van der Waals surface area (Å²) in [4.78, 5) is 2.34. The molecule has 0 aliphatic carbocycles. The lowest BCUT2D eigenvalue weighted by Crippen LogP contribution is -2.32. The first-order valence-electron chi connectivity index (χ1n) is 4.63. The van der Waals surface area contributed by atoms with Crippen molar-refractivity contribution in [2.24, 2.45) is 0 Å². The summed E-state index contributed by atoms with van der Waals surface area (Å²) in [6.07, 6.45) is 3.31. The molecule has 1 heterocycles. The third kappa shape index (κ3) is 2.51. The van der Waals surface area contributed by atoms with Crippen molar-refractivity contribution >= 4 is 0 Å². The van der Waals surface area contributed by atoms with E-state index in [4.69, 9.17) is 5.11 Å². The van der Waals surface area contributed by atoms with Gasteiger partial charge in [0.25, 0.3) is 0 Å². The van der Waals surface area contributed by atoms with Crippen LogP contribution >= 0.6 is 0 Å². The molecule has 1 rings (SSSR count). The second kappa shape index (κ2) is 5.18. The van der Waals surface area contributed by atoms with Gasteiger partial charge >= 0.3 is 0 Å². The molecule has 0 spiro atoms. The zero-order valence-electron chi connectivity index (χ0n) is 7.71. The third-order valence-electron chi connectivity index (χ3n) is 2.41. The lowest BCUT2D eigenvalue weighted by Gasteiger charge is -2.21. The monoisotopic (exact) mass is 167 g/mol. The molecular formula is C10H17NO. The molecule has 1 aliphatic heterocycles. The summed E-state index contributed by atoms with van der Waals surface area (Å²) in [5.41, 5.74) is 0. The quantitative estimate of drug-likeness (QED) is 0.630. The normalized spacial score (nSPS) is 23.7. The van der Waals surface area contributed by atoms with Crippen LogP contribution in [0.15, 0.2) is 0 Å². The smallest absolute Gasteiger partial charge is 0.0586 e. The molecule has 1 saturated heterocycles. The number of hydrogen-bond acceptors (Lipinski definition) is 2. The number of aliphatic hydroxyl groups is 1. The topological polar surface area (TPSA) is 23.5 Å². The molecule has 1 aliphatic rings. The van der Waals surface area contributed by atoms with Crippen molar-refractivity contribution in [3.8, 4) is 11.8 Å². The molecule has 68 valence electrons. The second-order valence-corrected chi connectivity index (χ2v) is 3.19. The fourth-order valence-electron chi connectivity index (χ4n) is 1.72. The Kier molecular flexibility index (Phi) is 4.13. The largest absolute Gasteiger partial charge is 0.395 e. The Hall–Kier alpha value is -0.520. The maximum Gasteiger partial charge on any atom is 0.0586 e. The molecule has 2 heteroatoms. The van der Waals surface area contributed by atoms with Crippen LogP contribution in [0.4, 0.5) is 0 Å². The summed E-state index contributed by atoms with van der Waals surface area (Å²) >= 11 is 0. The van der Waals surface area contributed by atoms with Gasteiger partial charge in [-0.3, -0.25) is 4.90 Å². The first-order valence-corrected chi connectivity index (χ1v) is 4.63. The molecule has 12 heavy (non-hydrogen) atoms. The Morgan fingerprint density at radius 2 is 2.42 bits per heavy atom. The summed E-state index contributed by atoms with van der Waals surface area (Å²) < 4.78 is 0. The van der Waals surface area contributed by atoms with Gasteiger partial charge in [-0.15, -0.1) is 11.8 Å². The Morgan fingerprint density at radius 3 is 3.08 bits per heavy atom. The van der Waals surface area contributed by atoms with Crippen molar-refractivity contribution in [2.75, 3.05) is 19.7 Å². The number of aliphatic hydroxyl groups excluding tert-OH is 1. The maximum atomic E-state index is 9.02. The van der Waals surface area contributed by atoms with E-state index in [9.17, 15) is 0 Å². The fraction of sp³-hybridized carbons (Fsp3) is 0.800. The van der Waals surface area contributed by atoms with E-state index in [1.165, 1.54) is 6.42 Å². The third-order valence-corrected chi connectivity index (χ3v) is 2.41. The Balaban J connectivity index is 2.24. The van der Waals surface area contributed by atoms with E-state index in [0.29, 0.717) is 12.6 Å². The highest BCUT2D eigenvalue weighted by molar-refractivity contribution is 4.96. The van der Waals surface area contributed by atoms with Crippen LogP contribution in [0.5, 0.6) is 0 Å². The Labute approximate surface area is 74.6 Å². The van der Waals surface area contributed by atoms with Crippen molar-refractivity contribution in [1.82, 2.24) is 4.90 Å². The number of rotatable bonds is 3. The van der Waals surface area contributed by atoms with Crippen molar-refractivity contribution < 1.29 is 5.11 Å². The lowest BCUT2D eigenvalue weighted by molar-refractivity contribution is 0.161. The standard InChI is InChI=1S/C10H17NO/c1-2-3-4-7-11-8-5-6-10(11)9-12/h10,12H,4-9H2,1H3. The molecule has 0 radical (unpaired) electrons. The van der Waals surface area contributed by atoms with Crippen LogP contribution in [-0.4, -0.2) is 35.7 Å². The Bertz CT molecular complexity index is 180. The number of hydrogen-bond donors (Lipinski definition) is 1. The summed E-state index contributed by atoms with van der Waals surface area (Å²) in [5.74, 6) is 5.93. The SMILES string of the molecule is CC#CCCN1CCCC1CO. The summed E-state index contributed by atoms with van der Waals surface area (Å²) in [7, 11) is 0. The van der Waals surface area contributed by atoms with E-state index in [1.807, 2.05) is 6.92 Å². The molecular weight excluding hydrogens is 150 g/mol. The Morgan fingerprint density at radius 1 is 1.58 bits per heavy atom. The van der Waals surface area contributed by atoms with Gasteiger partial charge in [0.05, 0.1) is 6.61 Å². The van der Waals surface area contributed by atoms with Gasteiger partial charge in [-0.05, 0) is 26.3 Å². The molecule has 2 nitrogen and oxygen atoms in total. The molecule has 0 saturated carbocycles. The average Bonchev–Trinajstić information content (AvgIpc) is 2.52. The van der Waals surface area contributed by atoms with Crippen LogP contribution in [0.3, 0.4) is 0 Å². The van der Waals surface area contributed by atoms with Crippen molar-refractivity contribution in [2.45, 2.75) is 32.2 Å². The van der Waals surface area contributed by atoms with Gasteiger partial charge in [-0.25, -0.2) is 0 Å². The van der Waals surface area contributed by atoms with E-state index in [1.54, 1.807) is 0 Å². The van der Waals surface area contributed by atoms with Crippen molar-refractivity contribution in [3.05, 3.63) is 0 Å². The predicted octanol–water partition coefficient (Wildman–Crippen LogP) is 0.857. The van der Waals surface area contributed by atoms with E-state index < -0.39 is 0 Å². The molecule has 1 fully saturated rings.